The number of allylic oxidation sites excluding steroid dienone is 3. The zero-order chi connectivity index (χ0) is 9.97. The maximum absolute atomic E-state index is 12.7. The lowest BCUT2D eigenvalue weighted by Gasteiger charge is -2.13. The third kappa shape index (κ3) is 1.63. The molecule has 0 spiro atoms. The summed E-state index contributed by atoms with van der Waals surface area (Å²) in [4.78, 5) is 12.5. The Bertz CT molecular complexity index is 406. The van der Waals surface area contributed by atoms with Crippen molar-refractivity contribution in [3.63, 3.8) is 0 Å². The molecule has 0 bridgehead atoms. The van der Waals surface area contributed by atoms with E-state index in [0.29, 0.717) is 0 Å². The number of rotatable bonds is 2. The first-order valence-corrected chi connectivity index (χ1v) is 5.61. The smallest absolute Gasteiger partial charge is 0.155 e. The molecule has 3 heteroatoms. The standard InChI is InChI=1S/C11H9FOS/c12-9-3-5-10(6-4-9)14-7-1-2-11(14)8-13/h1-8,14H. The van der Waals surface area contributed by atoms with Crippen LogP contribution in [0.5, 0.6) is 0 Å². The Balaban J connectivity index is 2.32. The predicted molar refractivity (Wildman–Crippen MR) is 56.9 cm³/mol. The summed E-state index contributed by atoms with van der Waals surface area (Å²) >= 11 is 0. The van der Waals surface area contributed by atoms with E-state index in [1.54, 1.807) is 12.1 Å². The molecule has 1 nitrogen and oxygen atoms in total. The van der Waals surface area contributed by atoms with Crippen molar-refractivity contribution in [3.8, 4) is 0 Å². The lowest BCUT2D eigenvalue weighted by atomic mass is 10.4. The summed E-state index contributed by atoms with van der Waals surface area (Å²) in [6, 6.07) is 6.31. The first-order valence-electron chi connectivity index (χ1n) is 4.20. The van der Waals surface area contributed by atoms with Crippen molar-refractivity contribution >= 4 is 17.2 Å². The zero-order valence-corrected chi connectivity index (χ0v) is 8.25. The second-order valence-corrected chi connectivity index (χ2v) is 4.97. The molecule has 0 N–H and O–H groups in total. The van der Waals surface area contributed by atoms with Crippen molar-refractivity contribution in [2.24, 2.45) is 0 Å². The van der Waals surface area contributed by atoms with Gasteiger partial charge in [0.2, 0.25) is 0 Å². The number of carbonyl (C=O) groups is 1. The summed E-state index contributed by atoms with van der Waals surface area (Å²) in [7, 11) is -0.670. The summed E-state index contributed by atoms with van der Waals surface area (Å²) in [6.45, 7) is 0. The van der Waals surface area contributed by atoms with E-state index in [4.69, 9.17) is 0 Å². The molecule has 72 valence electrons. The molecule has 1 aliphatic rings. The summed E-state index contributed by atoms with van der Waals surface area (Å²) in [5.41, 5.74) is 0. The van der Waals surface area contributed by atoms with Gasteiger partial charge in [-0.25, -0.2) is 4.39 Å². The topological polar surface area (TPSA) is 17.1 Å². The first-order chi connectivity index (χ1) is 6.81. The molecule has 1 aromatic carbocycles. The van der Waals surface area contributed by atoms with E-state index in [-0.39, 0.29) is 5.82 Å². The van der Waals surface area contributed by atoms with Crippen LogP contribution in [0, 0.1) is 5.82 Å². The van der Waals surface area contributed by atoms with Crippen LogP contribution in [-0.4, -0.2) is 6.29 Å². The lowest BCUT2D eigenvalue weighted by molar-refractivity contribution is -0.104. The molecule has 0 radical (unpaired) electrons. The van der Waals surface area contributed by atoms with Gasteiger partial charge in [-0.1, -0.05) is 6.08 Å². The van der Waals surface area contributed by atoms with Crippen molar-refractivity contribution in [3.05, 3.63) is 52.5 Å². The van der Waals surface area contributed by atoms with Crippen molar-refractivity contribution in [2.45, 2.75) is 4.90 Å². The first kappa shape index (κ1) is 9.21. The highest BCUT2D eigenvalue weighted by molar-refractivity contribution is 8.23. The van der Waals surface area contributed by atoms with E-state index in [1.165, 1.54) is 12.1 Å². The molecule has 0 amide bonds. The molecule has 1 aromatic rings. The fourth-order valence-electron chi connectivity index (χ4n) is 1.33. The van der Waals surface area contributed by atoms with Gasteiger partial charge in [-0.15, -0.1) is 0 Å². The predicted octanol–water partition coefficient (Wildman–Crippen LogP) is 2.80. The third-order valence-corrected chi connectivity index (χ3v) is 4.14. The zero-order valence-electron chi connectivity index (χ0n) is 7.35. The van der Waals surface area contributed by atoms with Crippen LogP contribution < -0.4 is 0 Å². The highest BCUT2D eigenvalue weighted by Gasteiger charge is 2.11. The monoisotopic (exact) mass is 208 g/mol. The minimum absolute atomic E-state index is 0.247. The second-order valence-electron chi connectivity index (χ2n) is 2.90. The molecule has 1 heterocycles. The Kier molecular flexibility index (Phi) is 2.50. The molecular formula is C11H9FOS. The quantitative estimate of drug-likeness (QED) is 0.584. The lowest BCUT2D eigenvalue weighted by Crippen LogP contribution is -1.84. The number of thiol groups is 1. The van der Waals surface area contributed by atoms with Crippen LogP contribution in [0.25, 0.3) is 0 Å². The van der Waals surface area contributed by atoms with Gasteiger partial charge >= 0.3 is 0 Å². The summed E-state index contributed by atoms with van der Waals surface area (Å²) in [5.74, 6) is -0.247. The molecule has 0 saturated carbocycles. The average Bonchev–Trinajstić information content (AvgIpc) is 2.67. The Labute approximate surface area is 84.3 Å². The van der Waals surface area contributed by atoms with Gasteiger partial charge in [0.25, 0.3) is 0 Å². The normalized spacial score (nSPS) is 22.1. The second kappa shape index (κ2) is 3.80. The van der Waals surface area contributed by atoms with Crippen molar-refractivity contribution in [2.75, 3.05) is 0 Å². The van der Waals surface area contributed by atoms with Crippen LogP contribution in [-0.2, 0) is 4.79 Å². The van der Waals surface area contributed by atoms with E-state index in [2.05, 4.69) is 0 Å². The van der Waals surface area contributed by atoms with Gasteiger partial charge in [-0.2, -0.15) is 10.9 Å². The summed E-state index contributed by atoms with van der Waals surface area (Å²) < 4.78 is 12.7. The minimum Gasteiger partial charge on any atom is -0.297 e. The Morgan fingerprint density at radius 2 is 1.93 bits per heavy atom. The number of carbonyl (C=O) groups excluding carboxylic acids is 1. The van der Waals surface area contributed by atoms with Crippen LogP contribution in [0.3, 0.4) is 0 Å². The van der Waals surface area contributed by atoms with Crippen LogP contribution in [0.2, 0.25) is 0 Å². The van der Waals surface area contributed by atoms with E-state index < -0.39 is 10.9 Å². The van der Waals surface area contributed by atoms with E-state index in [0.717, 1.165) is 16.1 Å². The molecule has 2 rings (SSSR count). The molecule has 1 unspecified atom stereocenters. The van der Waals surface area contributed by atoms with Crippen LogP contribution in [0.15, 0.2) is 51.6 Å². The van der Waals surface area contributed by atoms with E-state index in [9.17, 15) is 9.18 Å². The van der Waals surface area contributed by atoms with Gasteiger partial charge in [-0.05, 0) is 40.6 Å². The van der Waals surface area contributed by atoms with Crippen molar-refractivity contribution in [1.82, 2.24) is 0 Å². The molecule has 0 aliphatic carbocycles. The number of halogens is 1. The maximum Gasteiger partial charge on any atom is 0.155 e. The van der Waals surface area contributed by atoms with Gasteiger partial charge in [0.05, 0.1) is 0 Å². The summed E-state index contributed by atoms with van der Waals surface area (Å²) in [5, 5.41) is 1.99. The number of aldehydes is 1. The fraction of sp³-hybridized carbons (Fsp3) is 0. The molecule has 0 saturated heterocycles. The van der Waals surface area contributed by atoms with Gasteiger partial charge in [0.1, 0.15) is 5.82 Å². The highest BCUT2D eigenvalue weighted by Crippen LogP contribution is 2.47. The Morgan fingerprint density at radius 3 is 2.57 bits per heavy atom. The van der Waals surface area contributed by atoms with Crippen LogP contribution in [0.4, 0.5) is 4.39 Å². The van der Waals surface area contributed by atoms with Crippen molar-refractivity contribution < 1.29 is 9.18 Å². The Hall–Kier alpha value is -1.35. The van der Waals surface area contributed by atoms with E-state index in [1.807, 2.05) is 17.6 Å². The number of hydrogen-bond acceptors (Lipinski definition) is 1. The summed E-state index contributed by atoms with van der Waals surface area (Å²) in [6.07, 6.45) is 4.55. The Morgan fingerprint density at radius 1 is 1.21 bits per heavy atom. The van der Waals surface area contributed by atoms with Gasteiger partial charge in [0.15, 0.2) is 6.29 Å². The number of hydrogen-bond donors (Lipinski definition) is 1. The highest BCUT2D eigenvalue weighted by atomic mass is 32.2. The van der Waals surface area contributed by atoms with Crippen molar-refractivity contribution in [1.29, 1.82) is 0 Å². The molecule has 14 heavy (non-hydrogen) atoms. The maximum atomic E-state index is 12.7. The van der Waals surface area contributed by atoms with Gasteiger partial charge in [-0.3, -0.25) is 4.79 Å². The molecule has 0 fully saturated rings. The van der Waals surface area contributed by atoms with Gasteiger partial charge in [0, 0.05) is 4.91 Å². The van der Waals surface area contributed by atoms with Crippen LogP contribution in [0.1, 0.15) is 0 Å². The molecule has 1 atom stereocenters. The SMILES string of the molecule is O=CC1=CC=C[SH]1c1ccc(F)cc1. The molecule has 1 aliphatic heterocycles. The van der Waals surface area contributed by atoms with Crippen LogP contribution >= 0.6 is 10.9 Å². The average molecular weight is 208 g/mol. The molecule has 0 aromatic heterocycles. The van der Waals surface area contributed by atoms with E-state index >= 15 is 0 Å². The largest absolute Gasteiger partial charge is 0.297 e. The minimum atomic E-state index is -0.670. The third-order valence-electron chi connectivity index (χ3n) is 2.01. The fourth-order valence-corrected chi connectivity index (χ4v) is 3.06. The van der Waals surface area contributed by atoms with Gasteiger partial charge < -0.3 is 0 Å². The number of benzene rings is 1. The molecular weight excluding hydrogens is 199 g/mol.